The van der Waals surface area contributed by atoms with E-state index >= 15 is 0 Å². The highest BCUT2D eigenvalue weighted by atomic mass is 19.3. The maximum atomic E-state index is 14.1. The molecule has 3 aliphatic heterocycles. The minimum atomic E-state index is -2.67. The number of aromatic nitrogens is 1. The largest absolute Gasteiger partial charge is 0.349 e. The Morgan fingerprint density at radius 3 is 2.21 bits per heavy atom. The number of halogens is 2. The van der Waals surface area contributed by atoms with Crippen molar-refractivity contribution in [1.82, 2.24) is 20.1 Å². The molecule has 10 heteroatoms. The van der Waals surface area contributed by atoms with Crippen molar-refractivity contribution in [2.24, 2.45) is 5.92 Å². The van der Waals surface area contributed by atoms with Gasteiger partial charge in [0.2, 0.25) is 11.8 Å². The summed E-state index contributed by atoms with van der Waals surface area (Å²) in [7, 11) is 0. The third-order valence-corrected chi connectivity index (χ3v) is 10.1. The molecule has 1 aromatic heterocycles. The first-order valence-electron chi connectivity index (χ1n) is 15.7. The van der Waals surface area contributed by atoms with Crippen LogP contribution in [0.5, 0.6) is 0 Å². The Labute approximate surface area is 251 Å². The number of carbonyl (C=O) groups is 3. The number of rotatable bonds is 8. The summed E-state index contributed by atoms with van der Waals surface area (Å²) in [5.74, 6) is -3.37. The third kappa shape index (κ3) is 5.54. The molecular formula is C33H41F2N5O3. The number of nitrogens with one attached hydrogen (secondary N) is 1. The van der Waals surface area contributed by atoms with Crippen LogP contribution in [0.2, 0.25) is 0 Å². The molecule has 43 heavy (non-hydrogen) atoms. The molecule has 4 aliphatic rings. The van der Waals surface area contributed by atoms with Crippen molar-refractivity contribution in [2.75, 3.05) is 11.4 Å². The van der Waals surface area contributed by atoms with Gasteiger partial charge in [-0.3, -0.25) is 19.5 Å². The average Bonchev–Trinajstić information content (AvgIpc) is 3.35. The van der Waals surface area contributed by atoms with E-state index in [0.717, 1.165) is 24.9 Å². The van der Waals surface area contributed by atoms with Gasteiger partial charge in [-0.15, -0.1) is 0 Å². The lowest BCUT2D eigenvalue weighted by atomic mass is 9.80. The maximum Gasteiger partial charge on any atom is 0.332 e. The molecule has 8 nitrogen and oxygen atoms in total. The van der Waals surface area contributed by atoms with Crippen LogP contribution in [0.25, 0.3) is 0 Å². The topological polar surface area (TPSA) is 85.8 Å². The second-order valence-electron chi connectivity index (χ2n) is 13.0. The standard InChI is InChI=1S/C33H41F2N5O3/c1-22(2)40-31(43)39(25-12-17-36-18-13-25)30(42)32(40)20-26-8-9-27(21-32)38(26)19-14-28(23-6-4-3-5-7-23)37-29(41)24-10-15-33(34,35)16-11-24/h3-7,12-13,17-18,22,24,26-28H,8-11,14-16,19-21H2,1-2H3,(H,37,41)/t26?,27?,28-,32?/m0/s1. The fourth-order valence-corrected chi connectivity index (χ4v) is 8.05. The molecule has 2 bridgehead atoms. The van der Waals surface area contributed by atoms with Gasteiger partial charge in [0.05, 0.1) is 11.7 Å². The quantitative estimate of drug-likeness (QED) is 0.397. The Bertz CT molecular complexity index is 1320. The zero-order valence-corrected chi connectivity index (χ0v) is 24.9. The molecule has 1 N–H and O–H groups in total. The molecule has 1 aliphatic carbocycles. The molecule has 2 aromatic rings. The van der Waals surface area contributed by atoms with E-state index in [2.05, 4.69) is 15.2 Å². The molecule has 3 atom stereocenters. The third-order valence-electron chi connectivity index (χ3n) is 10.1. The molecule has 2 unspecified atom stereocenters. The molecule has 1 spiro atoms. The first kappa shape index (κ1) is 29.7. The Hall–Kier alpha value is -3.40. The first-order valence-corrected chi connectivity index (χ1v) is 15.7. The van der Waals surface area contributed by atoms with Gasteiger partial charge in [0.25, 0.3) is 5.91 Å². The molecule has 4 heterocycles. The number of hydrogen-bond donors (Lipinski definition) is 1. The van der Waals surface area contributed by atoms with Crippen LogP contribution in [-0.4, -0.2) is 68.8 Å². The van der Waals surface area contributed by atoms with E-state index in [1.807, 2.05) is 44.2 Å². The number of hydrogen-bond acceptors (Lipinski definition) is 5. The fraction of sp³-hybridized carbons (Fsp3) is 0.576. The van der Waals surface area contributed by atoms with Crippen molar-refractivity contribution in [3.63, 3.8) is 0 Å². The highest BCUT2D eigenvalue weighted by Crippen LogP contribution is 2.49. The number of piperidine rings is 1. The van der Waals surface area contributed by atoms with E-state index in [1.165, 1.54) is 4.90 Å². The van der Waals surface area contributed by atoms with E-state index in [1.54, 1.807) is 29.4 Å². The molecule has 6 rings (SSSR count). The zero-order valence-electron chi connectivity index (χ0n) is 24.9. The van der Waals surface area contributed by atoms with E-state index in [9.17, 15) is 23.2 Å². The van der Waals surface area contributed by atoms with Crippen LogP contribution in [0.1, 0.15) is 83.2 Å². The monoisotopic (exact) mass is 593 g/mol. The number of benzene rings is 1. The smallest absolute Gasteiger partial charge is 0.332 e. The minimum absolute atomic E-state index is 0.133. The van der Waals surface area contributed by atoms with E-state index in [4.69, 9.17) is 0 Å². The van der Waals surface area contributed by atoms with Gasteiger partial charge < -0.3 is 10.2 Å². The van der Waals surface area contributed by atoms with E-state index in [0.29, 0.717) is 24.9 Å². The Morgan fingerprint density at radius 2 is 1.60 bits per heavy atom. The van der Waals surface area contributed by atoms with Gasteiger partial charge in [-0.25, -0.2) is 18.5 Å². The zero-order chi connectivity index (χ0) is 30.4. The van der Waals surface area contributed by atoms with Crippen LogP contribution in [-0.2, 0) is 9.59 Å². The number of imide groups is 1. The average molecular weight is 594 g/mol. The number of carbonyl (C=O) groups excluding carboxylic acids is 3. The van der Waals surface area contributed by atoms with Crippen LogP contribution in [0.4, 0.5) is 19.3 Å². The maximum absolute atomic E-state index is 14.1. The molecule has 230 valence electrons. The number of fused-ring (bicyclic) bond motifs is 2. The molecule has 0 radical (unpaired) electrons. The number of anilines is 1. The number of nitrogens with zero attached hydrogens (tertiary/aromatic N) is 4. The van der Waals surface area contributed by atoms with Crippen molar-refractivity contribution in [1.29, 1.82) is 0 Å². The van der Waals surface area contributed by atoms with Crippen LogP contribution >= 0.6 is 0 Å². The Kier molecular flexibility index (Phi) is 8.00. The fourth-order valence-electron chi connectivity index (χ4n) is 8.05. The summed E-state index contributed by atoms with van der Waals surface area (Å²) in [4.78, 5) is 50.7. The highest BCUT2D eigenvalue weighted by molar-refractivity contribution is 6.23. The number of alkyl halides is 2. The molecule has 1 aromatic carbocycles. The van der Waals surface area contributed by atoms with Crippen molar-refractivity contribution >= 4 is 23.5 Å². The Balaban J connectivity index is 1.18. The highest BCUT2D eigenvalue weighted by Gasteiger charge is 2.63. The van der Waals surface area contributed by atoms with Crippen LogP contribution in [0.3, 0.4) is 0 Å². The predicted molar refractivity (Wildman–Crippen MR) is 158 cm³/mol. The van der Waals surface area contributed by atoms with Crippen molar-refractivity contribution in [3.05, 3.63) is 60.4 Å². The predicted octanol–water partition coefficient (Wildman–Crippen LogP) is 5.70. The van der Waals surface area contributed by atoms with Gasteiger partial charge in [0, 0.05) is 55.8 Å². The number of pyridine rings is 1. The lowest BCUT2D eigenvalue weighted by molar-refractivity contribution is -0.131. The summed E-state index contributed by atoms with van der Waals surface area (Å²) in [6, 6.07) is 12.9. The second kappa shape index (κ2) is 11.6. The lowest BCUT2D eigenvalue weighted by Crippen LogP contribution is -2.61. The number of urea groups is 1. The first-order chi connectivity index (χ1) is 20.6. The normalized spacial score (nSPS) is 28.2. The molecule has 3 saturated heterocycles. The van der Waals surface area contributed by atoms with Crippen LogP contribution < -0.4 is 10.2 Å². The van der Waals surface area contributed by atoms with Crippen molar-refractivity contribution < 1.29 is 23.2 Å². The summed E-state index contributed by atoms with van der Waals surface area (Å²) in [5.41, 5.74) is 0.659. The van der Waals surface area contributed by atoms with Gasteiger partial charge in [-0.2, -0.15) is 0 Å². The summed E-state index contributed by atoms with van der Waals surface area (Å²) in [6.45, 7) is 4.67. The molecule has 1 saturated carbocycles. The summed E-state index contributed by atoms with van der Waals surface area (Å²) in [6.07, 6.45) is 6.84. The Morgan fingerprint density at radius 1 is 0.977 bits per heavy atom. The number of amides is 4. The van der Waals surface area contributed by atoms with Gasteiger partial charge in [-0.05, 0) is 76.5 Å². The summed E-state index contributed by atoms with van der Waals surface area (Å²) >= 11 is 0. The van der Waals surface area contributed by atoms with Crippen LogP contribution in [0, 0.1) is 5.92 Å². The molecule has 4 fully saturated rings. The molecular weight excluding hydrogens is 552 g/mol. The van der Waals surface area contributed by atoms with E-state index < -0.39 is 17.4 Å². The van der Waals surface area contributed by atoms with E-state index in [-0.39, 0.29) is 67.7 Å². The van der Waals surface area contributed by atoms with Gasteiger partial charge in [0.1, 0.15) is 5.54 Å². The van der Waals surface area contributed by atoms with Gasteiger partial charge >= 0.3 is 6.03 Å². The van der Waals surface area contributed by atoms with Gasteiger partial charge in [-0.1, -0.05) is 30.3 Å². The van der Waals surface area contributed by atoms with Crippen molar-refractivity contribution in [2.45, 2.75) is 107 Å². The minimum Gasteiger partial charge on any atom is -0.349 e. The van der Waals surface area contributed by atoms with Gasteiger partial charge in [0.15, 0.2) is 0 Å². The van der Waals surface area contributed by atoms with Crippen molar-refractivity contribution in [3.8, 4) is 0 Å². The van der Waals surface area contributed by atoms with Crippen LogP contribution in [0.15, 0.2) is 54.9 Å². The summed E-state index contributed by atoms with van der Waals surface area (Å²) in [5, 5.41) is 3.20. The molecule has 4 amide bonds. The second-order valence-corrected chi connectivity index (χ2v) is 13.0. The SMILES string of the molecule is CC(C)N1C(=O)N(c2ccncc2)C(=O)C12CC1CCC(C2)N1CC[C@H](NC(=O)C1CCC(F)(F)CC1)c1ccccc1. The lowest BCUT2D eigenvalue weighted by Gasteiger charge is -2.48. The summed E-state index contributed by atoms with van der Waals surface area (Å²) < 4.78 is 27.4.